The molecule has 4 N–H and O–H groups in total. The van der Waals surface area contributed by atoms with Gasteiger partial charge < -0.3 is 21.3 Å². The van der Waals surface area contributed by atoms with Gasteiger partial charge in [0, 0.05) is 19.3 Å². The van der Waals surface area contributed by atoms with Crippen LogP contribution in [0, 0.1) is 5.92 Å². The average molecular weight is 305 g/mol. The highest BCUT2D eigenvalue weighted by Gasteiger charge is 2.34. The van der Waals surface area contributed by atoms with Crippen molar-refractivity contribution in [3.63, 3.8) is 0 Å². The number of hydrogen-bond donors (Lipinski definition) is 3. The first-order valence-electron chi connectivity index (χ1n) is 7.62. The van der Waals surface area contributed by atoms with Gasteiger partial charge in [0.2, 0.25) is 5.91 Å². The van der Waals surface area contributed by atoms with Gasteiger partial charge in [-0.1, -0.05) is 13.0 Å². The molecule has 2 atom stereocenters. The first-order chi connectivity index (χ1) is 10.6. The van der Waals surface area contributed by atoms with Crippen LogP contribution < -0.4 is 16.4 Å². The van der Waals surface area contributed by atoms with Crippen LogP contribution in [0.5, 0.6) is 0 Å². The number of carbonyl (C=O) groups is 2. The standard InChI is InChI=1S/C15H23N5O2/c1-2-11(14(21)19-13-6-3-4-8-18-13)12-10-17-7-5-9-20(12)15(16)22/h3-4,6,8,11-12,17H,2,5,7,9-10H2,1H3,(H2,16,22)(H,18,19,21)/t11-,12?/m1/s1. The van der Waals surface area contributed by atoms with Gasteiger partial charge in [-0.05, 0) is 31.5 Å². The number of pyridine rings is 1. The fourth-order valence-electron chi connectivity index (χ4n) is 2.82. The van der Waals surface area contributed by atoms with Crippen molar-refractivity contribution in [2.75, 3.05) is 25.0 Å². The van der Waals surface area contributed by atoms with Gasteiger partial charge in [0.15, 0.2) is 0 Å². The van der Waals surface area contributed by atoms with Crippen molar-refractivity contribution < 1.29 is 9.59 Å². The van der Waals surface area contributed by atoms with Crippen molar-refractivity contribution in [1.29, 1.82) is 0 Å². The Morgan fingerprint density at radius 3 is 3.00 bits per heavy atom. The lowest BCUT2D eigenvalue weighted by Gasteiger charge is -2.33. The van der Waals surface area contributed by atoms with E-state index >= 15 is 0 Å². The third-order valence-electron chi connectivity index (χ3n) is 3.95. The van der Waals surface area contributed by atoms with Crippen LogP contribution in [0.15, 0.2) is 24.4 Å². The maximum atomic E-state index is 12.6. The Morgan fingerprint density at radius 1 is 1.55 bits per heavy atom. The Bertz CT molecular complexity index is 508. The van der Waals surface area contributed by atoms with E-state index in [9.17, 15) is 9.59 Å². The molecule has 3 amide bonds. The Hall–Kier alpha value is -2.15. The monoisotopic (exact) mass is 305 g/mol. The SMILES string of the molecule is CC[C@@H](C(=O)Nc1ccccn1)C1CNCCCN1C(N)=O. The van der Waals surface area contributed by atoms with Crippen molar-refractivity contribution >= 4 is 17.8 Å². The zero-order valence-electron chi connectivity index (χ0n) is 12.8. The van der Waals surface area contributed by atoms with E-state index in [0.717, 1.165) is 13.0 Å². The molecule has 0 bridgehead atoms. The van der Waals surface area contributed by atoms with Crippen LogP contribution in [0.4, 0.5) is 10.6 Å². The van der Waals surface area contributed by atoms with Gasteiger partial charge in [0.1, 0.15) is 5.82 Å². The minimum absolute atomic E-state index is 0.138. The Morgan fingerprint density at radius 2 is 2.36 bits per heavy atom. The van der Waals surface area contributed by atoms with E-state index in [1.807, 2.05) is 13.0 Å². The lowest BCUT2D eigenvalue weighted by molar-refractivity contribution is -0.121. The van der Waals surface area contributed by atoms with Gasteiger partial charge in [-0.2, -0.15) is 0 Å². The number of primary amides is 1. The summed E-state index contributed by atoms with van der Waals surface area (Å²) in [6.07, 6.45) is 3.08. The van der Waals surface area contributed by atoms with Crippen LogP contribution in [-0.2, 0) is 4.79 Å². The van der Waals surface area contributed by atoms with Crippen molar-refractivity contribution in [3.05, 3.63) is 24.4 Å². The van der Waals surface area contributed by atoms with Crippen molar-refractivity contribution in [1.82, 2.24) is 15.2 Å². The molecule has 2 rings (SSSR count). The lowest BCUT2D eigenvalue weighted by atomic mass is 9.94. The molecule has 0 spiro atoms. The number of aromatic nitrogens is 1. The fraction of sp³-hybridized carbons (Fsp3) is 0.533. The average Bonchev–Trinajstić information content (AvgIpc) is 2.75. The number of amides is 3. The molecule has 1 aliphatic rings. The van der Waals surface area contributed by atoms with Gasteiger partial charge >= 0.3 is 6.03 Å². The summed E-state index contributed by atoms with van der Waals surface area (Å²) in [5.74, 6) is 0.0411. The summed E-state index contributed by atoms with van der Waals surface area (Å²) >= 11 is 0. The molecule has 0 aliphatic carbocycles. The van der Waals surface area contributed by atoms with Gasteiger partial charge in [-0.15, -0.1) is 0 Å². The summed E-state index contributed by atoms with van der Waals surface area (Å²) in [6.45, 7) is 3.89. The molecule has 7 heteroatoms. The summed E-state index contributed by atoms with van der Waals surface area (Å²) in [4.78, 5) is 30.0. The maximum Gasteiger partial charge on any atom is 0.315 e. The van der Waals surface area contributed by atoms with E-state index in [-0.39, 0.29) is 17.9 Å². The minimum atomic E-state index is -0.474. The molecule has 7 nitrogen and oxygen atoms in total. The van der Waals surface area contributed by atoms with Crippen molar-refractivity contribution in [2.24, 2.45) is 11.7 Å². The number of nitrogens with two attached hydrogens (primary N) is 1. The van der Waals surface area contributed by atoms with Crippen LogP contribution in [0.25, 0.3) is 0 Å². The van der Waals surface area contributed by atoms with E-state index in [2.05, 4.69) is 15.6 Å². The molecule has 0 saturated carbocycles. The molecular weight excluding hydrogens is 282 g/mol. The quantitative estimate of drug-likeness (QED) is 0.765. The number of hydrogen-bond acceptors (Lipinski definition) is 4. The highest BCUT2D eigenvalue weighted by atomic mass is 16.2. The van der Waals surface area contributed by atoms with Gasteiger partial charge in [0.05, 0.1) is 12.0 Å². The second-order valence-corrected chi connectivity index (χ2v) is 5.38. The lowest BCUT2D eigenvalue weighted by Crippen LogP contribution is -2.52. The number of nitrogens with one attached hydrogen (secondary N) is 2. The molecular formula is C15H23N5O2. The van der Waals surface area contributed by atoms with Crippen LogP contribution in [-0.4, -0.2) is 47.5 Å². The molecule has 22 heavy (non-hydrogen) atoms. The van der Waals surface area contributed by atoms with Crippen molar-refractivity contribution in [2.45, 2.75) is 25.8 Å². The highest BCUT2D eigenvalue weighted by molar-refractivity contribution is 5.92. The summed E-state index contributed by atoms with van der Waals surface area (Å²) in [6, 6.07) is 4.62. The third-order valence-corrected chi connectivity index (χ3v) is 3.95. The first-order valence-corrected chi connectivity index (χ1v) is 7.62. The fourth-order valence-corrected chi connectivity index (χ4v) is 2.82. The Labute approximate surface area is 130 Å². The molecule has 1 saturated heterocycles. The highest BCUT2D eigenvalue weighted by Crippen LogP contribution is 2.19. The molecule has 1 fully saturated rings. The number of nitrogens with zero attached hydrogens (tertiary/aromatic N) is 2. The van der Waals surface area contributed by atoms with E-state index in [4.69, 9.17) is 5.73 Å². The molecule has 2 heterocycles. The maximum absolute atomic E-state index is 12.6. The van der Waals surface area contributed by atoms with Crippen LogP contribution in [0.3, 0.4) is 0 Å². The van der Waals surface area contributed by atoms with Gasteiger partial charge in [0.25, 0.3) is 0 Å². The van der Waals surface area contributed by atoms with Gasteiger partial charge in [-0.3, -0.25) is 4.79 Å². The molecule has 0 radical (unpaired) electrons. The minimum Gasteiger partial charge on any atom is -0.351 e. The Kier molecular flexibility index (Phi) is 5.71. The first kappa shape index (κ1) is 16.2. The molecule has 0 aromatic carbocycles. The largest absolute Gasteiger partial charge is 0.351 e. The van der Waals surface area contributed by atoms with E-state index in [1.165, 1.54) is 0 Å². The summed E-state index contributed by atoms with van der Waals surface area (Å²) in [5.41, 5.74) is 5.49. The van der Waals surface area contributed by atoms with Crippen LogP contribution >= 0.6 is 0 Å². The van der Waals surface area contributed by atoms with E-state index < -0.39 is 6.03 Å². The zero-order valence-corrected chi connectivity index (χ0v) is 12.8. The van der Waals surface area contributed by atoms with Crippen LogP contribution in [0.2, 0.25) is 0 Å². The predicted octanol–water partition coefficient (Wildman–Crippen LogP) is 0.789. The molecule has 1 aromatic heterocycles. The number of urea groups is 1. The van der Waals surface area contributed by atoms with E-state index in [0.29, 0.717) is 25.3 Å². The summed E-state index contributed by atoms with van der Waals surface area (Å²) < 4.78 is 0. The molecule has 120 valence electrons. The second-order valence-electron chi connectivity index (χ2n) is 5.38. The number of carbonyl (C=O) groups excluding carboxylic acids is 2. The topological polar surface area (TPSA) is 100 Å². The normalized spacial score (nSPS) is 20.0. The third kappa shape index (κ3) is 3.94. The van der Waals surface area contributed by atoms with Crippen molar-refractivity contribution in [3.8, 4) is 0 Å². The van der Waals surface area contributed by atoms with E-state index in [1.54, 1.807) is 23.2 Å². The zero-order chi connectivity index (χ0) is 15.9. The van der Waals surface area contributed by atoms with Crippen LogP contribution in [0.1, 0.15) is 19.8 Å². The summed E-state index contributed by atoms with van der Waals surface area (Å²) in [7, 11) is 0. The Balaban J connectivity index is 2.13. The molecule has 1 aromatic rings. The smallest absolute Gasteiger partial charge is 0.315 e. The van der Waals surface area contributed by atoms with Gasteiger partial charge in [-0.25, -0.2) is 9.78 Å². The molecule has 1 unspecified atom stereocenters. The second kappa shape index (κ2) is 7.74. The summed E-state index contributed by atoms with van der Waals surface area (Å²) in [5, 5.41) is 6.08. The molecule has 1 aliphatic heterocycles. The number of anilines is 1. The number of rotatable bonds is 4. The predicted molar refractivity (Wildman–Crippen MR) is 84.2 cm³/mol.